The first-order chi connectivity index (χ1) is 38.1. The van der Waals surface area contributed by atoms with Crippen LogP contribution in [0.1, 0.15) is 354 Å². The molecule has 0 saturated carbocycles. The zero-order valence-electron chi connectivity index (χ0n) is 52.8. The predicted molar refractivity (Wildman–Crippen MR) is 330 cm³/mol. The molecule has 2 unspecified atom stereocenters. The highest BCUT2D eigenvalue weighted by Crippen LogP contribution is 2.19. The first-order valence-corrected chi connectivity index (χ1v) is 34.3. The fourth-order valence-electron chi connectivity index (χ4n) is 10.5. The summed E-state index contributed by atoms with van der Waals surface area (Å²) >= 11 is 0. The van der Waals surface area contributed by atoms with Crippen LogP contribution in [0.4, 0.5) is 0 Å². The number of carbonyl (C=O) groups is 3. The second-order valence-electron chi connectivity index (χ2n) is 24.8. The lowest BCUT2D eigenvalue weighted by atomic mass is 10.0. The van der Waals surface area contributed by atoms with Crippen molar-refractivity contribution in [3.05, 3.63) is 12.2 Å². The van der Waals surface area contributed by atoms with Crippen LogP contribution in [-0.2, 0) is 33.3 Å². The average molecular weight is 1100 g/mol. The summed E-state index contributed by atoms with van der Waals surface area (Å²) < 4.78 is 22.7. The lowest BCUT2D eigenvalue weighted by molar-refractivity contribution is -0.870. The maximum Gasteiger partial charge on any atom is 0.306 e. The molecule has 0 N–H and O–H groups in total. The van der Waals surface area contributed by atoms with Crippen molar-refractivity contribution in [2.24, 2.45) is 0 Å². The van der Waals surface area contributed by atoms with E-state index in [9.17, 15) is 19.5 Å². The third-order valence-electron chi connectivity index (χ3n) is 15.8. The lowest BCUT2D eigenvalue weighted by Crippen LogP contribution is -2.44. The lowest BCUT2D eigenvalue weighted by Gasteiger charge is -2.26. The van der Waals surface area contributed by atoms with Crippen LogP contribution in [0.5, 0.6) is 0 Å². The van der Waals surface area contributed by atoms with Crippen molar-refractivity contribution in [3.63, 3.8) is 0 Å². The van der Waals surface area contributed by atoms with E-state index in [4.69, 9.17) is 18.9 Å². The first kappa shape index (κ1) is 76.0. The van der Waals surface area contributed by atoms with E-state index in [1.54, 1.807) is 0 Å². The van der Waals surface area contributed by atoms with E-state index < -0.39 is 24.3 Å². The molecule has 0 rings (SSSR count). The Hall–Kier alpha value is -1.97. The maximum atomic E-state index is 12.8. The molecule has 0 amide bonds. The van der Waals surface area contributed by atoms with Gasteiger partial charge in [0, 0.05) is 12.8 Å². The Kier molecular flexibility index (Phi) is 59.6. The number of carboxylic acids is 1. The fraction of sp³-hybridized carbons (Fsp3) is 0.928. The van der Waals surface area contributed by atoms with Crippen LogP contribution < -0.4 is 5.11 Å². The van der Waals surface area contributed by atoms with E-state index in [0.29, 0.717) is 23.9 Å². The van der Waals surface area contributed by atoms with E-state index in [0.717, 1.165) is 51.4 Å². The number of hydrogen-bond donors (Lipinski definition) is 0. The van der Waals surface area contributed by atoms with Crippen LogP contribution in [0, 0.1) is 0 Å². The number of quaternary nitrogens is 1. The van der Waals surface area contributed by atoms with Gasteiger partial charge in [-0.3, -0.25) is 9.59 Å². The summed E-state index contributed by atoms with van der Waals surface area (Å²) in [6.07, 6.45) is 70.4. The van der Waals surface area contributed by atoms with E-state index in [1.807, 2.05) is 21.1 Å². The molecule has 0 fully saturated rings. The van der Waals surface area contributed by atoms with Crippen molar-refractivity contribution in [2.45, 2.75) is 367 Å². The highest BCUT2D eigenvalue weighted by Gasteiger charge is 2.22. The largest absolute Gasteiger partial charge is 0.545 e. The third kappa shape index (κ3) is 61.6. The smallest absolute Gasteiger partial charge is 0.306 e. The third-order valence-corrected chi connectivity index (χ3v) is 15.8. The molecule has 0 heterocycles. The van der Waals surface area contributed by atoms with Gasteiger partial charge in [-0.25, -0.2) is 0 Å². The molecule has 78 heavy (non-hydrogen) atoms. The second kappa shape index (κ2) is 61.1. The van der Waals surface area contributed by atoms with Gasteiger partial charge in [0.25, 0.3) is 0 Å². The fourth-order valence-corrected chi connectivity index (χ4v) is 10.5. The summed E-state index contributed by atoms with van der Waals surface area (Å²) in [4.78, 5) is 37.3. The minimum atomic E-state index is -1.62. The minimum absolute atomic E-state index is 0.150. The van der Waals surface area contributed by atoms with E-state index in [2.05, 4.69) is 26.0 Å². The van der Waals surface area contributed by atoms with Gasteiger partial charge >= 0.3 is 11.9 Å². The van der Waals surface area contributed by atoms with Crippen LogP contribution >= 0.6 is 0 Å². The van der Waals surface area contributed by atoms with Crippen molar-refractivity contribution in [1.82, 2.24) is 0 Å². The van der Waals surface area contributed by atoms with Gasteiger partial charge in [0.15, 0.2) is 12.4 Å². The first-order valence-electron chi connectivity index (χ1n) is 34.3. The minimum Gasteiger partial charge on any atom is -0.545 e. The molecule has 0 aromatic heterocycles. The normalized spacial score (nSPS) is 12.7. The number of esters is 2. The van der Waals surface area contributed by atoms with Gasteiger partial charge in [0.1, 0.15) is 13.2 Å². The van der Waals surface area contributed by atoms with Crippen molar-refractivity contribution in [2.75, 3.05) is 47.5 Å². The molecule has 0 saturated heterocycles. The van der Waals surface area contributed by atoms with Crippen molar-refractivity contribution in [1.29, 1.82) is 0 Å². The quantitative estimate of drug-likeness (QED) is 0.0195. The second-order valence-corrected chi connectivity index (χ2v) is 24.8. The predicted octanol–water partition coefficient (Wildman–Crippen LogP) is 19.5. The molecule has 0 aliphatic heterocycles. The van der Waals surface area contributed by atoms with E-state index in [-0.39, 0.29) is 32.2 Å². The molecule has 0 aliphatic rings. The molecular weight excluding hydrogens is 971 g/mol. The van der Waals surface area contributed by atoms with Crippen molar-refractivity contribution in [3.8, 4) is 0 Å². The zero-order valence-corrected chi connectivity index (χ0v) is 52.8. The molecule has 0 bridgehead atoms. The van der Waals surface area contributed by atoms with E-state index in [1.165, 1.54) is 270 Å². The Morgan fingerprint density at radius 3 is 0.949 bits per heavy atom. The van der Waals surface area contributed by atoms with Gasteiger partial charge in [-0.2, -0.15) is 0 Å². The SMILES string of the molecule is CCCCCCCC/C=C\CCCCCCCC(=O)OC(COC(=O)CCCCCCCCCCCCCCCCCCCCCCCCCCCCCCCCCCCCCCCC)COC(OCC[N+](C)(C)C)C(=O)[O-]. The average Bonchev–Trinajstić information content (AvgIpc) is 3.41. The number of likely N-dealkylation sites (N-methyl/N-ethyl adjacent to an activating group) is 1. The summed E-state index contributed by atoms with van der Waals surface area (Å²) in [6.45, 7) is 4.79. The number of carbonyl (C=O) groups excluding carboxylic acids is 3. The van der Waals surface area contributed by atoms with Crippen LogP contribution in [0.2, 0.25) is 0 Å². The Balaban J connectivity index is 3.90. The molecule has 0 radical (unpaired) electrons. The van der Waals surface area contributed by atoms with Gasteiger partial charge in [-0.05, 0) is 38.5 Å². The Bertz CT molecular complexity index is 1280. The number of unbranched alkanes of at least 4 members (excludes halogenated alkanes) is 48. The summed E-state index contributed by atoms with van der Waals surface area (Å²) in [7, 11) is 5.93. The van der Waals surface area contributed by atoms with Gasteiger partial charge in [-0.1, -0.05) is 315 Å². The van der Waals surface area contributed by atoms with Gasteiger partial charge in [0.2, 0.25) is 0 Å². The summed E-state index contributed by atoms with van der Waals surface area (Å²) in [5.74, 6) is -2.27. The van der Waals surface area contributed by atoms with E-state index >= 15 is 0 Å². The number of nitrogens with zero attached hydrogens (tertiary/aromatic N) is 1. The number of ether oxygens (including phenoxy) is 4. The van der Waals surface area contributed by atoms with Crippen LogP contribution in [-0.4, -0.2) is 82.3 Å². The summed E-state index contributed by atoms with van der Waals surface area (Å²) in [5, 5.41) is 11.8. The van der Waals surface area contributed by atoms with Crippen molar-refractivity contribution < 1.29 is 42.9 Å². The Morgan fingerprint density at radius 1 is 0.372 bits per heavy atom. The zero-order chi connectivity index (χ0) is 56.9. The number of carboxylic acid groups (broad SMARTS) is 1. The highest BCUT2D eigenvalue weighted by atomic mass is 16.7. The van der Waals surface area contributed by atoms with Crippen LogP contribution in [0.15, 0.2) is 12.2 Å². The standard InChI is InChI=1S/C69H133NO8/c1-6-8-10-12-14-16-18-20-22-23-24-25-26-27-28-29-30-31-32-33-34-35-36-37-38-39-40-41-42-43-44-46-47-49-51-53-55-57-59-66(71)76-63-65(64-77-69(68(73)74)75-62-61-70(3,4)5)78-67(72)60-58-56-54-52-50-48-45-21-19-17-15-13-11-9-7-2/h21,45,65,69H,6-20,22-44,46-64H2,1-5H3/b45-21-. The number of allylic oxidation sites excluding steroid dienone is 2. The molecule has 0 aliphatic carbocycles. The summed E-state index contributed by atoms with van der Waals surface area (Å²) in [5.41, 5.74) is 0. The molecule has 2 atom stereocenters. The number of hydrogen-bond acceptors (Lipinski definition) is 8. The highest BCUT2D eigenvalue weighted by molar-refractivity contribution is 5.70. The van der Waals surface area contributed by atoms with Crippen molar-refractivity contribution >= 4 is 17.9 Å². The van der Waals surface area contributed by atoms with Gasteiger partial charge in [0.05, 0.1) is 40.3 Å². The molecule has 0 aromatic rings. The monoisotopic (exact) mass is 1100 g/mol. The number of aliphatic carboxylic acids is 1. The Morgan fingerprint density at radius 2 is 0.654 bits per heavy atom. The molecular formula is C69H133NO8. The molecule has 9 nitrogen and oxygen atoms in total. The summed E-state index contributed by atoms with van der Waals surface area (Å²) in [6, 6.07) is 0. The van der Waals surface area contributed by atoms with Gasteiger partial charge in [-0.15, -0.1) is 0 Å². The van der Waals surface area contributed by atoms with Crippen LogP contribution in [0.3, 0.4) is 0 Å². The van der Waals surface area contributed by atoms with Gasteiger partial charge < -0.3 is 33.3 Å². The molecule has 0 spiro atoms. The van der Waals surface area contributed by atoms with Crippen LogP contribution in [0.25, 0.3) is 0 Å². The number of rotatable bonds is 65. The Labute approximate surface area is 485 Å². The molecule has 9 heteroatoms. The molecule has 0 aromatic carbocycles. The topological polar surface area (TPSA) is 111 Å². The maximum absolute atomic E-state index is 12.8. The molecule has 462 valence electrons.